The number of aryl methyl sites for hydroxylation is 2. The predicted molar refractivity (Wildman–Crippen MR) is 562 cm³/mol. The van der Waals surface area contributed by atoms with Crippen molar-refractivity contribution in [3.8, 4) is 194 Å². The van der Waals surface area contributed by atoms with E-state index in [0.29, 0.717) is 146 Å². The summed E-state index contributed by atoms with van der Waals surface area (Å²) >= 11 is 0. The van der Waals surface area contributed by atoms with Crippen LogP contribution < -0.4 is 0 Å². The molecule has 6 heterocycles. The molecule has 0 aliphatic rings. The number of para-hydroxylation sites is 2. The van der Waals surface area contributed by atoms with Gasteiger partial charge in [0.2, 0.25) is 0 Å². The van der Waals surface area contributed by atoms with Crippen LogP contribution in [0.2, 0.25) is 0 Å². The summed E-state index contributed by atoms with van der Waals surface area (Å²) in [6, 6.07) is 148. The highest BCUT2D eigenvalue weighted by atomic mass is 15.1. The van der Waals surface area contributed by atoms with Crippen LogP contribution in [0, 0.1) is 104 Å². The monoisotopic (exact) mass is 1810 g/mol. The molecule has 0 fully saturated rings. The second kappa shape index (κ2) is 34.3. The van der Waals surface area contributed by atoms with Crippen LogP contribution in [0.15, 0.2) is 388 Å². The Balaban J connectivity index is 0.770. The van der Waals surface area contributed by atoms with Crippen LogP contribution in [0.1, 0.15) is 55.9 Å². The lowest BCUT2D eigenvalue weighted by molar-refractivity contribution is 1.04. The van der Waals surface area contributed by atoms with E-state index >= 15 is 0 Å². The van der Waals surface area contributed by atoms with Gasteiger partial charge in [0.25, 0.3) is 0 Å². The maximum absolute atomic E-state index is 12.0. The number of hydrogen-bond acceptors (Lipinski definition) is 12. The van der Waals surface area contributed by atoms with E-state index in [4.69, 9.17) is 19.9 Å². The van der Waals surface area contributed by atoms with E-state index in [2.05, 4.69) is 225 Å². The SMILES string of the molecule is Cc1cc(C)nc(-c2c(-n3c4cc(-c5cccc(C#N)c5)ccc4c4ccc(-c5cccc(C#N)c5)cc43)cc(C#N)cc2-n2c3cc(-c4cccc(C#N)c4)ccc3c3cc(-c4cc(-c5ccc6c7ccccc7n(-c7cc(C#N)cc(-n8c9ccccc9c9ccc(-c%10ccc(C#N)cc%10)cc98)c7-c7nc(-c8ccccc8)cc(-c8ccccc8)n7)c6c5)ccc4C#N)c(-c4cccc(C#N)c4)cc32)n1. The highest BCUT2D eigenvalue weighted by molar-refractivity contribution is 6.18. The van der Waals surface area contributed by atoms with E-state index in [-0.39, 0.29) is 0 Å². The summed E-state index contributed by atoms with van der Waals surface area (Å²) in [5, 5.41) is 94.9. The van der Waals surface area contributed by atoms with Crippen LogP contribution in [0.25, 0.3) is 233 Å². The first kappa shape index (κ1) is 84.3. The summed E-state index contributed by atoms with van der Waals surface area (Å²) in [4.78, 5) is 22.2. The third kappa shape index (κ3) is 14.3. The second-order valence-electron chi connectivity index (χ2n) is 35.5. The lowest BCUT2D eigenvalue weighted by Crippen LogP contribution is -2.08. The lowest BCUT2D eigenvalue weighted by Gasteiger charge is -2.21. The molecule has 0 N–H and O–H groups in total. The van der Waals surface area contributed by atoms with Gasteiger partial charge in [-0.25, -0.2) is 19.9 Å². The van der Waals surface area contributed by atoms with Crippen molar-refractivity contribution in [2.45, 2.75) is 13.8 Å². The van der Waals surface area contributed by atoms with Gasteiger partial charge in [0, 0.05) is 71.2 Å². The second-order valence-corrected chi connectivity index (χ2v) is 35.5. The Morgan fingerprint density at radius 1 is 0.183 bits per heavy atom. The fourth-order valence-electron chi connectivity index (χ4n) is 20.7. The van der Waals surface area contributed by atoms with Gasteiger partial charge in [-0.1, -0.05) is 224 Å². The van der Waals surface area contributed by atoms with Gasteiger partial charge in [-0.3, -0.25) is 0 Å². The average molecular weight is 1810 g/mol. The zero-order valence-electron chi connectivity index (χ0n) is 76.1. The number of fused-ring (bicyclic) bond motifs is 12. The van der Waals surface area contributed by atoms with Crippen molar-refractivity contribution in [1.82, 2.24) is 38.2 Å². The van der Waals surface area contributed by atoms with E-state index in [0.717, 1.165) is 143 Å². The maximum Gasteiger partial charge on any atom is 0.164 e. The predicted octanol–water partition coefficient (Wildman–Crippen LogP) is 29.6. The molecule has 18 aromatic carbocycles. The van der Waals surface area contributed by atoms with Gasteiger partial charge in [-0.05, 0) is 250 Å². The molecule has 0 aliphatic heterocycles. The smallest absolute Gasteiger partial charge is 0.164 e. The average Bonchev–Trinajstić information content (AvgIpc) is 1.56. The molecule has 0 unspecified atom stereocenters. The zero-order chi connectivity index (χ0) is 96.1. The van der Waals surface area contributed by atoms with Crippen LogP contribution in [0.3, 0.4) is 0 Å². The van der Waals surface area contributed by atoms with Crippen LogP contribution in [-0.4, -0.2) is 38.2 Å². The van der Waals surface area contributed by atoms with Crippen molar-refractivity contribution >= 4 is 87.2 Å². The molecule has 16 nitrogen and oxygen atoms in total. The topological polar surface area (TPSA) is 262 Å². The Labute approximate surface area is 814 Å². The Morgan fingerprint density at radius 2 is 0.493 bits per heavy atom. The largest absolute Gasteiger partial charge is 0.308 e. The Morgan fingerprint density at radius 3 is 0.894 bits per heavy atom. The molecule has 142 heavy (non-hydrogen) atoms. The van der Waals surface area contributed by atoms with E-state index in [1.54, 1.807) is 24.3 Å². The molecule has 654 valence electrons. The van der Waals surface area contributed by atoms with Crippen LogP contribution in [-0.2, 0) is 0 Å². The molecule has 6 aromatic heterocycles. The highest BCUT2D eigenvalue weighted by Gasteiger charge is 2.32. The van der Waals surface area contributed by atoms with Crippen molar-refractivity contribution in [2.24, 2.45) is 0 Å². The summed E-state index contributed by atoms with van der Waals surface area (Å²) in [6.07, 6.45) is 0. The molecule has 0 bridgehead atoms. The van der Waals surface area contributed by atoms with Crippen LogP contribution in [0.4, 0.5) is 0 Å². The van der Waals surface area contributed by atoms with Gasteiger partial charge in [-0.2, -0.15) is 42.1 Å². The molecule has 0 aliphatic carbocycles. The van der Waals surface area contributed by atoms with Crippen molar-refractivity contribution < 1.29 is 0 Å². The molecule has 24 aromatic rings. The zero-order valence-corrected chi connectivity index (χ0v) is 76.1. The minimum atomic E-state index is 0.292. The first-order chi connectivity index (χ1) is 69.8. The molecule has 0 radical (unpaired) electrons. The van der Waals surface area contributed by atoms with Gasteiger partial charge in [0.15, 0.2) is 11.6 Å². The summed E-state index contributed by atoms with van der Waals surface area (Å²) in [6.45, 7) is 3.88. The van der Waals surface area contributed by atoms with Crippen molar-refractivity contribution in [3.05, 3.63) is 444 Å². The molecule has 24 rings (SSSR count). The molecule has 0 spiro atoms. The van der Waals surface area contributed by atoms with E-state index < -0.39 is 0 Å². The molecule has 0 saturated heterocycles. The number of hydrogen-bond donors (Lipinski definition) is 0. The highest BCUT2D eigenvalue weighted by Crippen LogP contribution is 2.51. The minimum absolute atomic E-state index is 0.292. The molecular weight excluding hydrogens is 1740 g/mol. The summed E-state index contributed by atoms with van der Waals surface area (Å²) < 4.78 is 8.84. The number of rotatable bonds is 15. The fraction of sp³-hybridized carbons (Fsp3) is 0.0159. The molecule has 0 saturated carbocycles. The number of aromatic nitrogens is 8. The number of benzene rings is 18. The van der Waals surface area contributed by atoms with E-state index in [1.807, 2.05) is 220 Å². The first-order valence-corrected chi connectivity index (χ1v) is 46.1. The van der Waals surface area contributed by atoms with E-state index in [1.165, 1.54) is 0 Å². The summed E-state index contributed by atoms with van der Waals surface area (Å²) in [7, 11) is 0. The van der Waals surface area contributed by atoms with Gasteiger partial charge >= 0.3 is 0 Å². The van der Waals surface area contributed by atoms with Gasteiger partial charge in [0.05, 0.1) is 182 Å². The van der Waals surface area contributed by atoms with Crippen molar-refractivity contribution in [2.75, 3.05) is 0 Å². The maximum atomic E-state index is 12.0. The standard InChI is InChI=1S/C126H70N16/c1-75-49-76(2)136-125(135-75)123-121(141-115-60-92(87-25-13-17-78(50-87)68-128)40-46-102(115)103-47-41-93(61-116(103)141)88-26-14-18-79(51-88)69-129)56-83(73-133)57-122(123)142-117-62-94(89-27-15-19-80(52-89)70-130)43-48-104(117)108-64-107(106(65-118(108)142)96-28-16-20-81(53-96)71-131)105-58-90(37-38-97(105)74-134)95-42-45-101-99-30-10-12-32-112(99)140(114(101)63-95)120-55-82(72-132)54-119(124(120)126-137-109(85-21-5-3-6-22-85)66-110(138-126)86-23-7-4-8-24-86)139-111-31-11-9-29-98(111)100-44-39-91(59-113(100)139)84-35-33-77(67-127)34-36-84/h3-66H,1-2H3. The van der Waals surface area contributed by atoms with Crippen molar-refractivity contribution in [1.29, 1.82) is 42.1 Å². The van der Waals surface area contributed by atoms with E-state index in [9.17, 15) is 42.1 Å². The normalized spacial score (nSPS) is 11.3. The molecule has 16 heteroatoms. The first-order valence-electron chi connectivity index (χ1n) is 46.1. The summed E-state index contributed by atoms with van der Waals surface area (Å²) in [5.41, 5.74) is 28.5. The molecule has 0 atom stereocenters. The Hall–Kier alpha value is -20.8. The van der Waals surface area contributed by atoms with Crippen LogP contribution >= 0.6 is 0 Å². The Kier molecular flexibility index (Phi) is 20.4. The third-order valence-corrected chi connectivity index (χ3v) is 27.1. The van der Waals surface area contributed by atoms with Gasteiger partial charge in [-0.15, -0.1) is 0 Å². The Bertz CT molecular complexity index is 9750. The van der Waals surface area contributed by atoms with Gasteiger partial charge in [0.1, 0.15) is 0 Å². The number of nitrogens with zero attached hydrogens (tertiary/aromatic N) is 16. The van der Waals surface area contributed by atoms with Gasteiger partial charge < -0.3 is 18.3 Å². The number of nitriles is 8. The summed E-state index contributed by atoms with van der Waals surface area (Å²) in [5.74, 6) is 0.751. The van der Waals surface area contributed by atoms with Crippen molar-refractivity contribution in [3.63, 3.8) is 0 Å². The third-order valence-electron chi connectivity index (χ3n) is 27.1. The molecular formula is C126H70N16. The lowest BCUT2D eigenvalue weighted by atomic mass is 9.88. The molecule has 0 amide bonds. The minimum Gasteiger partial charge on any atom is -0.308 e. The fourth-order valence-corrected chi connectivity index (χ4v) is 20.7. The van der Waals surface area contributed by atoms with Crippen LogP contribution in [0.5, 0.6) is 0 Å². The quantitative estimate of drug-likeness (QED) is 0.0928.